The van der Waals surface area contributed by atoms with Gasteiger partial charge in [0.05, 0.1) is 0 Å². The van der Waals surface area contributed by atoms with Crippen LogP contribution in [-0.2, 0) is 10.8 Å². The molecule has 1 aromatic rings. The number of nitrogens with one attached hydrogen (secondary N) is 1. The Morgan fingerprint density at radius 2 is 1.60 bits per heavy atom. The average molecular weight is 293 g/mol. The van der Waals surface area contributed by atoms with Crippen molar-refractivity contribution in [3.63, 3.8) is 0 Å². The third kappa shape index (κ3) is 4.44. The third-order valence-corrected chi connectivity index (χ3v) is 4.82. The van der Waals surface area contributed by atoms with Crippen LogP contribution < -0.4 is 5.32 Å². The van der Waals surface area contributed by atoms with E-state index in [4.69, 9.17) is 0 Å². The van der Waals surface area contributed by atoms with Crippen molar-refractivity contribution < 1.29 is 9.00 Å². The predicted octanol–water partition coefficient (Wildman–Crippen LogP) is 3.27. The molecule has 0 bridgehead atoms. The van der Waals surface area contributed by atoms with Gasteiger partial charge in [0.25, 0.3) is 5.91 Å². The quantitative estimate of drug-likeness (QED) is 0.929. The molecule has 0 radical (unpaired) electrons. The van der Waals surface area contributed by atoms with E-state index in [0.29, 0.717) is 11.6 Å². The lowest BCUT2D eigenvalue weighted by molar-refractivity contribution is 0.0930. The molecule has 2 rings (SSSR count). The van der Waals surface area contributed by atoms with E-state index in [9.17, 15) is 9.00 Å². The first kappa shape index (κ1) is 15.2. The molecule has 20 heavy (non-hydrogen) atoms. The zero-order chi connectivity index (χ0) is 14.4. The van der Waals surface area contributed by atoms with Crippen molar-refractivity contribution in [2.45, 2.75) is 55.9 Å². The van der Waals surface area contributed by atoms with Gasteiger partial charge in [-0.3, -0.25) is 9.00 Å². The summed E-state index contributed by atoms with van der Waals surface area (Å²) in [6, 6.07) is 7.36. The van der Waals surface area contributed by atoms with E-state index in [1.165, 1.54) is 32.1 Å². The lowest BCUT2D eigenvalue weighted by atomic mass is 9.96. The van der Waals surface area contributed by atoms with Gasteiger partial charge in [-0.25, -0.2) is 0 Å². The molecule has 110 valence electrons. The second-order valence-electron chi connectivity index (χ2n) is 5.49. The van der Waals surface area contributed by atoms with Gasteiger partial charge in [0.15, 0.2) is 0 Å². The van der Waals surface area contributed by atoms with Crippen LogP contribution in [0.15, 0.2) is 29.2 Å². The van der Waals surface area contributed by atoms with Crippen molar-refractivity contribution in [3.8, 4) is 0 Å². The van der Waals surface area contributed by atoms with Crippen LogP contribution >= 0.6 is 0 Å². The summed E-state index contributed by atoms with van der Waals surface area (Å²) in [5.74, 6) is -0.0102. The Labute approximate surface area is 123 Å². The molecule has 0 saturated heterocycles. The van der Waals surface area contributed by atoms with Crippen LogP contribution in [0.5, 0.6) is 0 Å². The molecular formula is C16H23NO2S. The number of carbonyl (C=O) groups is 1. The van der Waals surface area contributed by atoms with Crippen LogP contribution in [-0.4, -0.2) is 22.4 Å². The Morgan fingerprint density at radius 3 is 2.15 bits per heavy atom. The summed E-state index contributed by atoms with van der Waals surface area (Å²) in [6.45, 7) is 0. The van der Waals surface area contributed by atoms with E-state index in [1.54, 1.807) is 30.5 Å². The molecule has 1 aromatic carbocycles. The molecule has 3 nitrogen and oxygen atoms in total. The molecule has 1 saturated carbocycles. The summed E-state index contributed by atoms with van der Waals surface area (Å²) in [5.41, 5.74) is 0.654. The Balaban J connectivity index is 1.94. The van der Waals surface area contributed by atoms with Gasteiger partial charge in [0, 0.05) is 33.6 Å². The zero-order valence-electron chi connectivity index (χ0n) is 12.1. The highest BCUT2D eigenvalue weighted by molar-refractivity contribution is 7.84. The van der Waals surface area contributed by atoms with Crippen molar-refractivity contribution in [1.82, 2.24) is 5.32 Å². The van der Waals surface area contributed by atoms with Gasteiger partial charge in [-0.1, -0.05) is 32.1 Å². The fourth-order valence-electron chi connectivity index (χ4n) is 2.67. The van der Waals surface area contributed by atoms with Gasteiger partial charge >= 0.3 is 0 Å². The third-order valence-electron chi connectivity index (χ3n) is 3.89. The Morgan fingerprint density at radius 1 is 1.05 bits per heavy atom. The van der Waals surface area contributed by atoms with Crippen LogP contribution in [0.25, 0.3) is 0 Å². The number of amides is 1. The van der Waals surface area contributed by atoms with Crippen LogP contribution in [0.3, 0.4) is 0 Å². The first-order valence-electron chi connectivity index (χ1n) is 7.41. The van der Waals surface area contributed by atoms with Gasteiger partial charge in [0.2, 0.25) is 0 Å². The monoisotopic (exact) mass is 293 g/mol. The van der Waals surface area contributed by atoms with Gasteiger partial charge < -0.3 is 5.32 Å². The summed E-state index contributed by atoms with van der Waals surface area (Å²) in [6.07, 6.45) is 10.1. The first-order valence-corrected chi connectivity index (χ1v) is 8.97. The zero-order valence-corrected chi connectivity index (χ0v) is 12.9. The molecule has 1 N–H and O–H groups in total. The van der Waals surface area contributed by atoms with Crippen LogP contribution in [0.1, 0.15) is 55.3 Å². The fourth-order valence-corrected chi connectivity index (χ4v) is 3.19. The molecule has 1 atom stereocenters. The second-order valence-corrected chi connectivity index (χ2v) is 6.87. The highest BCUT2D eigenvalue weighted by Gasteiger charge is 2.15. The molecular weight excluding hydrogens is 270 g/mol. The number of carbonyl (C=O) groups excluding carboxylic acids is 1. The summed E-state index contributed by atoms with van der Waals surface area (Å²) in [5, 5.41) is 3.14. The summed E-state index contributed by atoms with van der Waals surface area (Å²) in [7, 11) is -0.993. The van der Waals surface area contributed by atoms with Crippen LogP contribution in [0.4, 0.5) is 0 Å². The Bertz CT molecular complexity index is 462. The summed E-state index contributed by atoms with van der Waals surface area (Å²) in [4.78, 5) is 13.0. The topological polar surface area (TPSA) is 46.2 Å². The maximum Gasteiger partial charge on any atom is 0.251 e. The van der Waals surface area contributed by atoms with Crippen LogP contribution in [0, 0.1) is 0 Å². The summed E-state index contributed by atoms with van der Waals surface area (Å²) >= 11 is 0. The lowest BCUT2D eigenvalue weighted by Gasteiger charge is -2.21. The van der Waals surface area contributed by atoms with Crippen molar-refractivity contribution in [3.05, 3.63) is 29.8 Å². The molecule has 1 aliphatic carbocycles. The normalized spacial score (nSPS) is 18.9. The minimum atomic E-state index is -0.993. The SMILES string of the molecule is CS(=O)c1ccc(C(=O)NC2CCCCCCC2)cc1. The minimum absolute atomic E-state index is 0.0102. The molecule has 1 fully saturated rings. The molecule has 0 aliphatic heterocycles. The van der Waals surface area contributed by atoms with E-state index in [1.807, 2.05) is 0 Å². The first-order chi connectivity index (χ1) is 9.66. The molecule has 4 heteroatoms. The largest absolute Gasteiger partial charge is 0.349 e. The maximum absolute atomic E-state index is 12.2. The van der Waals surface area contributed by atoms with E-state index in [2.05, 4.69) is 5.32 Å². The van der Waals surface area contributed by atoms with Gasteiger partial charge in [-0.15, -0.1) is 0 Å². The highest BCUT2D eigenvalue weighted by atomic mass is 32.2. The van der Waals surface area contributed by atoms with Crippen molar-refractivity contribution in [2.24, 2.45) is 0 Å². The van der Waals surface area contributed by atoms with Gasteiger partial charge in [-0.2, -0.15) is 0 Å². The predicted molar refractivity (Wildman–Crippen MR) is 82.3 cm³/mol. The maximum atomic E-state index is 12.2. The fraction of sp³-hybridized carbons (Fsp3) is 0.562. The van der Waals surface area contributed by atoms with Crippen molar-refractivity contribution in [2.75, 3.05) is 6.26 Å². The highest BCUT2D eigenvalue weighted by Crippen LogP contribution is 2.17. The number of rotatable bonds is 3. The van der Waals surface area contributed by atoms with E-state index in [-0.39, 0.29) is 5.91 Å². The molecule has 1 aliphatic rings. The van der Waals surface area contributed by atoms with E-state index in [0.717, 1.165) is 17.7 Å². The van der Waals surface area contributed by atoms with Gasteiger partial charge in [-0.05, 0) is 37.1 Å². The Hall–Kier alpha value is -1.16. The van der Waals surface area contributed by atoms with Crippen LogP contribution in [0.2, 0.25) is 0 Å². The van der Waals surface area contributed by atoms with Crippen molar-refractivity contribution >= 4 is 16.7 Å². The molecule has 0 aromatic heterocycles. The number of hydrogen-bond acceptors (Lipinski definition) is 2. The lowest BCUT2D eigenvalue weighted by Crippen LogP contribution is -2.35. The molecule has 1 amide bonds. The average Bonchev–Trinajstić information content (AvgIpc) is 2.41. The standard InChI is InChI=1S/C16H23NO2S/c1-20(19)15-11-9-13(10-12-15)16(18)17-14-7-5-3-2-4-6-8-14/h9-12,14H,2-8H2,1H3,(H,17,18). The smallest absolute Gasteiger partial charge is 0.251 e. The Kier molecular flexibility index (Phi) is 5.77. The number of hydrogen-bond donors (Lipinski definition) is 1. The molecule has 0 spiro atoms. The van der Waals surface area contributed by atoms with E-state index < -0.39 is 10.8 Å². The number of benzene rings is 1. The van der Waals surface area contributed by atoms with E-state index >= 15 is 0 Å². The van der Waals surface area contributed by atoms with Crippen molar-refractivity contribution in [1.29, 1.82) is 0 Å². The minimum Gasteiger partial charge on any atom is -0.349 e. The second kappa shape index (κ2) is 7.58. The summed E-state index contributed by atoms with van der Waals surface area (Å²) < 4.78 is 11.3. The van der Waals surface area contributed by atoms with Gasteiger partial charge in [0.1, 0.15) is 0 Å². The molecule has 1 unspecified atom stereocenters. The molecule has 0 heterocycles.